The van der Waals surface area contributed by atoms with Gasteiger partial charge in [-0.2, -0.15) is 5.10 Å². The number of hydrogen-bond acceptors (Lipinski definition) is 3. The molecule has 1 aromatic heterocycles. The van der Waals surface area contributed by atoms with Crippen molar-refractivity contribution in [1.82, 2.24) is 14.7 Å². The normalized spacial score (nSPS) is 10.6. The maximum Gasteiger partial charge on any atom is 0.257 e. The van der Waals surface area contributed by atoms with Crippen LogP contribution in [0.5, 0.6) is 0 Å². The van der Waals surface area contributed by atoms with Crippen LogP contribution < -0.4 is 5.73 Å². The predicted molar refractivity (Wildman–Crippen MR) is 79.2 cm³/mol. The molecule has 0 fully saturated rings. The topological polar surface area (TPSA) is 64.2 Å². The lowest BCUT2D eigenvalue weighted by molar-refractivity contribution is 0.0751. The molecule has 0 saturated heterocycles. The first-order valence-electron chi connectivity index (χ1n) is 6.65. The van der Waals surface area contributed by atoms with E-state index >= 15 is 0 Å². The van der Waals surface area contributed by atoms with Gasteiger partial charge in [0, 0.05) is 31.5 Å². The molecule has 0 unspecified atom stereocenters. The average molecular weight is 272 g/mol. The summed E-state index contributed by atoms with van der Waals surface area (Å²) in [4.78, 5) is 14.3. The molecule has 2 N–H and O–H groups in total. The van der Waals surface area contributed by atoms with Crippen molar-refractivity contribution in [3.63, 3.8) is 0 Å². The molecular formula is C15H20N4O. The van der Waals surface area contributed by atoms with E-state index in [0.717, 1.165) is 11.3 Å². The van der Waals surface area contributed by atoms with Gasteiger partial charge in [-0.25, -0.2) is 0 Å². The largest absolute Gasteiger partial charge is 0.399 e. The van der Waals surface area contributed by atoms with Crippen LogP contribution in [0.4, 0.5) is 5.69 Å². The molecule has 2 aromatic rings. The van der Waals surface area contributed by atoms with E-state index in [1.165, 1.54) is 0 Å². The third-order valence-electron chi connectivity index (χ3n) is 3.46. The van der Waals surface area contributed by atoms with Crippen molar-refractivity contribution in [2.24, 2.45) is 7.05 Å². The van der Waals surface area contributed by atoms with Gasteiger partial charge in [0.05, 0.1) is 11.8 Å². The fourth-order valence-electron chi connectivity index (χ4n) is 2.12. The minimum atomic E-state index is 0.000486. The molecule has 106 valence electrons. The first-order chi connectivity index (χ1) is 9.52. The zero-order chi connectivity index (χ0) is 14.7. The highest BCUT2D eigenvalue weighted by Gasteiger charge is 2.19. The second-order valence-corrected chi connectivity index (χ2v) is 4.83. The number of hydrogen-bond donors (Lipinski definition) is 1. The summed E-state index contributed by atoms with van der Waals surface area (Å²) in [6.07, 6.45) is 1.62. The SMILES string of the molecule is CCN(Cc1cccc(N)c1)C(=O)c1cnn(C)c1C. The molecule has 0 saturated carbocycles. The molecule has 0 spiro atoms. The third-order valence-corrected chi connectivity index (χ3v) is 3.46. The Morgan fingerprint density at radius 1 is 1.45 bits per heavy atom. The van der Waals surface area contributed by atoms with E-state index in [1.807, 2.05) is 45.2 Å². The van der Waals surface area contributed by atoms with Crippen LogP contribution in [-0.4, -0.2) is 27.1 Å². The number of benzene rings is 1. The predicted octanol–water partition coefficient (Wildman–Crippen LogP) is 1.97. The second kappa shape index (κ2) is 5.77. The minimum Gasteiger partial charge on any atom is -0.399 e. The molecule has 5 heteroatoms. The van der Waals surface area contributed by atoms with Crippen LogP contribution in [0.25, 0.3) is 0 Å². The highest BCUT2D eigenvalue weighted by molar-refractivity contribution is 5.95. The molecule has 0 aliphatic heterocycles. The Bertz CT molecular complexity index is 618. The van der Waals surface area contributed by atoms with Gasteiger partial charge >= 0.3 is 0 Å². The van der Waals surface area contributed by atoms with Gasteiger partial charge in [-0.05, 0) is 31.5 Å². The number of amides is 1. The maximum absolute atomic E-state index is 12.5. The van der Waals surface area contributed by atoms with Crippen LogP contribution in [0.2, 0.25) is 0 Å². The van der Waals surface area contributed by atoms with Crippen LogP contribution in [0.1, 0.15) is 28.5 Å². The highest BCUT2D eigenvalue weighted by atomic mass is 16.2. The Morgan fingerprint density at radius 3 is 2.75 bits per heavy atom. The van der Waals surface area contributed by atoms with Crippen molar-refractivity contribution in [2.45, 2.75) is 20.4 Å². The van der Waals surface area contributed by atoms with E-state index in [1.54, 1.807) is 15.8 Å². The van der Waals surface area contributed by atoms with Crippen LogP contribution in [0.15, 0.2) is 30.5 Å². The number of nitrogens with zero attached hydrogens (tertiary/aromatic N) is 3. The summed E-state index contributed by atoms with van der Waals surface area (Å²) < 4.78 is 1.71. The first-order valence-corrected chi connectivity index (χ1v) is 6.65. The van der Waals surface area contributed by atoms with Gasteiger partial charge in [0.15, 0.2) is 0 Å². The molecule has 20 heavy (non-hydrogen) atoms. The van der Waals surface area contributed by atoms with Gasteiger partial charge in [0.25, 0.3) is 5.91 Å². The molecular weight excluding hydrogens is 252 g/mol. The molecule has 0 radical (unpaired) electrons. The number of carbonyl (C=O) groups is 1. The zero-order valence-electron chi connectivity index (χ0n) is 12.1. The second-order valence-electron chi connectivity index (χ2n) is 4.83. The highest BCUT2D eigenvalue weighted by Crippen LogP contribution is 2.14. The Balaban J connectivity index is 2.20. The number of carbonyl (C=O) groups excluding carboxylic acids is 1. The van der Waals surface area contributed by atoms with Crippen LogP contribution in [-0.2, 0) is 13.6 Å². The smallest absolute Gasteiger partial charge is 0.257 e. The first kappa shape index (κ1) is 14.1. The third kappa shape index (κ3) is 2.82. The molecule has 1 aromatic carbocycles. The maximum atomic E-state index is 12.5. The van der Waals surface area contributed by atoms with Gasteiger partial charge in [-0.3, -0.25) is 9.48 Å². The van der Waals surface area contributed by atoms with E-state index in [9.17, 15) is 4.79 Å². The van der Waals surface area contributed by atoms with Gasteiger partial charge in [0.1, 0.15) is 0 Å². The summed E-state index contributed by atoms with van der Waals surface area (Å²) in [6.45, 7) is 5.06. The standard InChI is InChI=1S/C15H20N4O/c1-4-19(10-12-6-5-7-13(16)8-12)15(20)14-9-17-18(3)11(14)2/h5-9H,4,10,16H2,1-3H3. The Labute approximate surface area is 119 Å². The molecule has 0 aliphatic carbocycles. The summed E-state index contributed by atoms with van der Waals surface area (Å²) in [5.74, 6) is 0.000486. The number of nitrogens with two attached hydrogens (primary N) is 1. The van der Waals surface area contributed by atoms with Crippen molar-refractivity contribution in [1.29, 1.82) is 0 Å². The Kier molecular flexibility index (Phi) is 4.08. The summed E-state index contributed by atoms with van der Waals surface area (Å²) >= 11 is 0. The quantitative estimate of drug-likeness (QED) is 0.865. The molecule has 1 heterocycles. The monoisotopic (exact) mass is 272 g/mol. The van der Waals surface area contributed by atoms with Crippen molar-refractivity contribution in [3.8, 4) is 0 Å². The summed E-state index contributed by atoms with van der Waals surface area (Å²) in [5, 5.41) is 4.12. The number of anilines is 1. The zero-order valence-corrected chi connectivity index (χ0v) is 12.1. The van der Waals surface area contributed by atoms with E-state index in [4.69, 9.17) is 5.73 Å². The molecule has 2 rings (SSSR count). The van der Waals surface area contributed by atoms with Crippen molar-refractivity contribution in [2.75, 3.05) is 12.3 Å². The fraction of sp³-hybridized carbons (Fsp3) is 0.333. The van der Waals surface area contributed by atoms with E-state index in [0.29, 0.717) is 24.3 Å². The number of aromatic nitrogens is 2. The number of rotatable bonds is 4. The molecule has 1 amide bonds. The van der Waals surface area contributed by atoms with E-state index in [2.05, 4.69) is 5.10 Å². The van der Waals surface area contributed by atoms with Crippen molar-refractivity contribution < 1.29 is 4.79 Å². The van der Waals surface area contributed by atoms with Gasteiger partial charge in [-0.15, -0.1) is 0 Å². The van der Waals surface area contributed by atoms with E-state index < -0.39 is 0 Å². The summed E-state index contributed by atoms with van der Waals surface area (Å²) in [6, 6.07) is 7.61. The summed E-state index contributed by atoms with van der Waals surface area (Å²) in [5.41, 5.74) is 9.04. The molecule has 0 bridgehead atoms. The van der Waals surface area contributed by atoms with Crippen LogP contribution in [0.3, 0.4) is 0 Å². The van der Waals surface area contributed by atoms with Gasteiger partial charge < -0.3 is 10.6 Å². The average Bonchev–Trinajstić information content (AvgIpc) is 2.76. The van der Waals surface area contributed by atoms with E-state index in [-0.39, 0.29) is 5.91 Å². The van der Waals surface area contributed by atoms with Crippen molar-refractivity contribution >= 4 is 11.6 Å². The minimum absolute atomic E-state index is 0.000486. The fourth-order valence-corrected chi connectivity index (χ4v) is 2.12. The van der Waals surface area contributed by atoms with Crippen LogP contribution in [0, 0.1) is 6.92 Å². The number of aryl methyl sites for hydroxylation is 1. The molecule has 5 nitrogen and oxygen atoms in total. The van der Waals surface area contributed by atoms with Gasteiger partial charge in [-0.1, -0.05) is 12.1 Å². The number of nitrogen functional groups attached to an aromatic ring is 1. The summed E-state index contributed by atoms with van der Waals surface area (Å²) in [7, 11) is 1.83. The molecule has 0 aliphatic rings. The molecule has 0 atom stereocenters. The lowest BCUT2D eigenvalue weighted by atomic mass is 10.1. The Hall–Kier alpha value is -2.30. The van der Waals surface area contributed by atoms with Crippen LogP contribution >= 0.6 is 0 Å². The lowest BCUT2D eigenvalue weighted by Crippen LogP contribution is -2.30. The Morgan fingerprint density at radius 2 is 2.20 bits per heavy atom. The lowest BCUT2D eigenvalue weighted by Gasteiger charge is -2.21. The van der Waals surface area contributed by atoms with Gasteiger partial charge in [0.2, 0.25) is 0 Å². The van der Waals surface area contributed by atoms with Crippen molar-refractivity contribution in [3.05, 3.63) is 47.3 Å².